The molecule has 26 heavy (non-hydrogen) atoms. The zero-order valence-electron chi connectivity index (χ0n) is 15.6. The molecule has 1 aromatic rings. The van der Waals surface area contributed by atoms with Gasteiger partial charge in [-0.15, -0.1) is 0 Å². The first kappa shape index (κ1) is 20.7. The molecule has 7 heteroatoms. The summed E-state index contributed by atoms with van der Waals surface area (Å²) < 4.78 is 0. The van der Waals surface area contributed by atoms with Crippen molar-refractivity contribution in [2.24, 2.45) is 0 Å². The molecule has 1 aliphatic heterocycles. The van der Waals surface area contributed by atoms with Gasteiger partial charge in [-0.3, -0.25) is 19.4 Å². The molecule has 144 valence electrons. The highest BCUT2D eigenvalue weighted by atomic mass is 35.5. The second-order valence-corrected chi connectivity index (χ2v) is 7.44. The third kappa shape index (κ3) is 7.72. The molecular formula is C19H29ClN4O2. The van der Waals surface area contributed by atoms with Gasteiger partial charge >= 0.3 is 0 Å². The van der Waals surface area contributed by atoms with Gasteiger partial charge in [-0.2, -0.15) is 0 Å². The molecule has 1 aliphatic rings. The Morgan fingerprint density at radius 3 is 2.08 bits per heavy atom. The summed E-state index contributed by atoms with van der Waals surface area (Å²) in [4.78, 5) is 28.1. The Morgan fingerprint density at radius 2 is 1.54 bits per heavy atom. The molecule has 2 N–H and O–H groups in total. The van der Waals surface area contributed by atoms with Gasteiger partial charge in [-0.05, 0) is 38.0 Å². The largest absolute Gasteiger partial charge is 0.355 e. The number of carbonyl (C=O) groups excluding carboxylic acids is 2. The highest BCUT2D eigenvalue weighted by molar-refractivity contribution is 6.30. The second-order valence-electron chi connectivity index (χ2n) is 7.00. The summed E-state index contributed by atoms with van der Waals surface area (Å²) in [6.45, 7) is 8.61. The summed E-state index contributed by atoms with van der Waals surface area (Å²) >= 11 is 5.86. The van der Waals surface area contributed by atoms with Crippen LogP contribution < -0.4 is 10.6 Å². The fraction of sp³-hybridized carbons (Fsp3) is 0.579. The number of benzene rings is 1. The lowest BCUT2D eigenvalue weighted by molar-refractivity contribution is -0.125. The number of nitrogens with zero attached hydrogens (tertiary/aromatic N) is 2. The van der Waals surface area contributed by atoms with Crippen molar-refractivity contribution in [3.63, 3.8) is 0 Å². The van der Waals surface area contributed by atoms with E-state index in [0.717, 1.165) is 43.2 Å². The summed E-state index contributed by atoms with van der Waals surface area (Å²) in [7, 11) is 0. The Hall–Kier alpha value is -1.63. The zero-order valence-corrected chi connectivity index (χ0v) is 16.4. The molecule has 0 aliphatic carbocycles. The molecule has 0 aromatic heterocycles. The van der Waals surface area contributed by atoms with E-state index < -0.39 is 0 Å². The molecule has 1 saturated heterocycles. The van der Waals surface area contributed by atoms with Crippen LogP contribution in [0.1, 0.15) is 19.4 Å². The van der Waals surface area contributed by atoms with Crippen molar-refractivity contribution in [2.75, 3.05) is 45.8 Å². The van der Waals surface area contributed by atoms with Crippen molar-refractivity contribution < 1.29 is 9.59 Å². The molecule has 1 aromatic carbocycles. The van der Waals surface area contributed by atoms with Crippen LogP contribution in [0.3, 0.4) is 0 Å². The van der Waals surface area contributed by atoms with Crippen LogP contribution in [0.15, 0.2) is 24.3 Å². The van der Waals surface area contributed by atoms with E-state index in [0.29, 0.717) is 19.6 Å². The van der Waals surface area contributed by atoms with Gasteiger partial charge in [0, 0.05) is 43.8 Å². The minimum absolute atomic E-state index is 0.0463. The van der Waals surface area contributed by atoms with E-state index in [1.807, 2.05) is 38.1 Å². The first-order valence-electron chi connectivity index (χ1n) is 9.17. The number of carbonyl (C=O) groups is 2. The Labute approximate surface area is 160 Å². The lowest BCUT2D eigenvalue weighted by atomic mass is 10.1. The summed E-state index contributed by atoms with van der Waals surface area (Å²) in [5.41, 5.74) is 1.16. The normalized spacial score (nSPS) is 15.8. The average molecular weight is 381 g/mol. The molecule has 1 fully saturated rings. The van der Waals surface area contributed by atoms with Gasteiger partial charge in [0.05, 0.1) is 13.1 Å². The molecule has 0 radical (unpaired) electrons. The highest BCUT2D eigenvalue weighted by Gasteiger charge is 2.20. The van der Waals surface area contributed by atoms with Gasteiger partial charge in [0.2, 0.25) is 11.8 Å². The van der Waals surface area contributed by atoms with E-state index in [-0.39, 0.29) is 17.9 Å². The van der Waals surface area contributed by atoms with Gasteiger partial charge in [-0.1, -0.05) is 23.7 Å². The minimum atomic E-state index is 0.0463. The van der Waals surface area contributed by atoms with E-state index in [1.54, 1.807) is 0 Å². The number of hydrogen-bond donors (Lipinski definition) is 2. The molecule has 1 heterocycles. The highest BCUT2D eigenvalue weighted by Crippen LogP contribution is 2.09. The second kappa shape index (κ2) is 10.5. The molecule has 0 bridgehead atoms. The first-order chi connectivity index (χ1) is 12.4. The monoisotopic (exact) mass is 380 g/mol. The van der Waals surface area contributed by atoms with Gasteiger partial charge in [0.1, 0.15) is 0 Å². The minimum Gasteiger partial charge on any atom is -0.355 e. The molecule has 0 unspecified atom stereocenters. The molecule has 6 nitrogen and oxygen atoms in total. The lowest BCUT2D eigenvalue weighted by Crippen LogP contribution is -2.52. The molecule has 2 rings (SSSR count). The number of amides is 2. The van der Waals surface area contributed by atoms with Crippen molar-refractivity contribution >= 4 is 23.4 Å². The smallest absolute Gasteiger partial charge is 0.234 e. The van der Waals surface area contributed by atoms with Crippen molar-refractivity contribution in [1.82, 2.24) is 20.4 Å². The quantitative estimate of drug-likeness (QED) is 0.710. The number of hydrogen-bond acceptors (Lipinski definition) is 4. The average Bonchev–Trinajstić information content (AvgIpc) is 2.58. The van der Waals surface area contributed by atoms with Crippen LogP contribution in [0.5, 0.6) is 0 Å². The third-order valence-electron chi connectivity index (χ3n) is 4.30. The van der Waals surface area contributed by atoms with Crippen LogP contribution >= 0.6 is 11.6 Å². The lowest BCUT2D eigenvalue weighted by Gasteiger charge is -2.33. The van der Waals surface area contributed by atoms with E-state index >= 15 is 0 Å². The Morgan fingerprint density at radius 1 is 1.00 bits per heavy atom. The van der Waals surface area contributed by atoms with Crippen LogP contribution in [0.4, 0.5) is 0 Å². The fourth-order valence-corrected chi connectivity index (χ4v) is 3.06. The van der Waals surface area contributed by atoms with Gasteiger partial charge < -0.3 is 10.6 Å². The zero-order chi connectivity index (χ0) is 18.9. The van der Waals surface area contributed by atoms with Gasteiger partial charge in [0.25, 0.3) is 0 Å². The van der Waals surface area contributed by atoms with Crippen LogP contribution in [-0.4, -0.2) is 73.5 Å². The van der Waals surface area contributed by atoms with E-state index in [9.17, 15) is 9.59 Å². The number of halogens is 1. The topological polar surface area (TPSA) is 64.7 Å². The number of rotatable bonds is 8. The molecule has 0 atom stereocenters. The van der Waals surface area contributed by atoms with Crippen LogP contribution in [0.25, 0.3) is 0 Å². The summed E-state index contributed by atoms with van der Waals surface area (Å²) in [6.07, 6.45) is 0.793. The predicted octanol–water partition coefficient (Wildman–Crippen LogP) is 1.14. The summed E-state index contributed by atoms with van der Waals surface area (Å²) in [5, 5.41) is 6.60. The van der Waals surface area contributed by atoms with Gasteiger partial charge in [0.15, 0.2) is 0 Å². The number of piperazine rings is 1. The van der Waals surface area contributed by atoms with Crippen LogP contribution in [0.2, 0.25) is 5.02 Å². The van der Waals surface area contributed by atoms with E-state index in [4.69, 9.17) is 11.6 Å². The van der Waals surface area contributed by atoms with Crippen molar-refractivity contribution in [3.8, 4) is 0 Å². The standard InChI is InChI=1S/C19H29ClN4O2/c1-15(2)22-19(26)14-24-11-9-23(10-12-24)13-18(25)21-8-7-16-3-5-17(20)6-4-16/h3-6,15H,7-14H2,1-2H3,(H,21,25)(H,22,26). The Bertz CT molecular complexity index is 584. The Balaban J connectivity index is 1.60. The maximum Gasteiger partial charge on any atom is 0.234 e. The van der Waals surface area contributed by atoms with Crippen LogP contribution in [0, 0.1) is 0 Å². The third-order valence-corrected chi connectivity index (χ3v) is 4.55. The van der Waals surface area contributed by atoms with Crippen molar-refractivity contribution in [2.45, 2.75) is 26.3 Å². The van der Waals surface area contributed by atoms with Crippen LogP contribution in [-0.2, 0) is 16.0 Å². The predicted molar refractivity (Wildman–Crippen MR) is 104 cm³/mol. The van der Waals surface area contributed by atoms with E-state index in [1.165, 1.54) is 0 Å². The maximum atomic E-state index is 12.1. The van der Waals surface area contributed by atoms with E-state index in [2.05, 4.69) is 20.4 Å². The molecular weight excluding hydrogens is 352 g/mol. The van der Waals surface area contributed by atoms with Gasteiger partial charge in [-0.25, -0.2) is 0 Å². The first-order valence-corrected chi connectivity index (χ1v) is 9.55. The molecule has 2 amide bonds. The SMILES string of the molecule is CC(C)NC(=O)CN1CCN(CC(=O)NCCc2ccc(Cl)cc2)CC1. The summed E-state index contributed by atoms with van der Waals surface area (Å²) in [5.74, 6) is 0.110. The fourth-order valence-electron chi connectivity index (χ4n) is 2.93. The molecule has 0 spiro atoms. The van der Waals surface area contributed by atoms with Crippen molar-refractivity contribution in [3.05, 3.63) is 34.9 Å². The summed E-state index contributed by atoms with van der Waals surface area (Å²) in [6, 6.07) is 7.84. The Kier molecular flexibility index (Phi) is 8.35. The maximum absolute atomic E-state index is 12.1. The number of nitrogens with one attached hydrogen (secondary N) is 2. The van der Waals surface area contributed by atoms with Crippen molar-refractivity contribution in [1.29, 1.82) is 0 Å². The molecule has 0 saturated carbocycles.